The summed E-state index contributed by atoms with van der Waals surface area (Å²) in [5.41, 5.74) is 1.93. The fourth-order valence-corrected chi connectivity index (χ4v) is 2.65. The fraction of sp³-hybridized carbons (Fsp3) is 0.300. The average Bonchev–Trinajstić information content (AvgIpc) is 3.05. The van der Waals surface area contributed by atoms with Crippen LogP contribution >= 0.6 is 0 Å². The van der Waals surface area contributed by atoms with Gasteiger partial charge in [0.05, 0.1) is 0 Å². The monoisotopic (exact) mass is 354 g/mol. The van der Waals surface area contributed by atoms with Crippen LogP contribution in [0.5, 0.6) is 11.5 Å². The third-order valence-corrected chi connectivity index (χ3v) is 4.49. The lowest BCUT2D eigenvalue weighted by molar-refractivity contribution is -0.135. The molecule has 3 rings (SSSR count). The van der Waals surface area contributed by atoms with Crippen molar-refractivity contribution < 1.29 is 19.1 Å². The zero-order chi connectivity index (χ0) is 18.9. The van der Waals surface area contributed by atoms with E-state index < -0.39 is 11.3 Å². The lowest BCUT2D eigenvalue weighted by atomic mass is 9.90. The molecule has 6 nitrogen and oxygen atoms in total. The molecular weight excluding hydrogens is 332 g/mol. The number of ether oxygens (including phenoxy) is 2. The van der Waals surface area contributed by atoms with Crippen molar-refractivity contribution in [2.45, 2.75) is 27.7 Å². The fourth-order valence-electron chi connectivity index (χ4n) is 2.65. The van der Waals surface area contributed by atoms with Crippen LogP contribution in [0.25, 0.3) is 0 Å². The zero-order valence-electron chi connectivity index (χ0n) is 15.3. The Hall–Kier alpha value is -3.02. The molecule has 0 aromatic heterocycles. The highest BCUT2D eigenvalue weighted by Crippen LogP contribution is 2.34. The summed E-state index contributed by atoms with van der Waals surface area (Å²) in [7, 11) is 0. The van der Waals surface area contributed by atoms with Gasteiger partial charge in [-0.2, -0.15) is 0 Å². The van der Waals surface area contributed by atoms with Crippen LogP contribution in [0.4, 0.5) is 11.4 Å². The summed E-state index contributed by atoms with van der Waals surface area (Å²) in [6.07, 6.45) is 0. The second-order valence-corrected chi connectivity index (χ2v) is 6.87. The molecule has 1 aliphatic rings. The predicted octanol–water partition coefficient (Wildman–Crippen LogP) is 3.64. The molecule has 0 bridgehead atoms. The number of benzene rings is 2. The number of nitrogens with one attached hydrogen (secondary N) is 2. The van der Waals surface area contributed by atoms with Gasteiger partial charge in [-0.15, -0.1) is 0 Å². The van der Waals surface area contributed by atoms with E-state index in [0.29, 0.717) is 17.2 Å². The number of rotatable bonds is 4. The van der Waals surface area contributed by atoms with Crippen LogP contribution in [0.2, 0.25) is 0 Å². The van der Waals surface area contributed by atoms with Crippen LogP contribution in [0, 0.1) is 19.3 Å². The molecule has 136 valence electrons. The number of hydrogen-bond acceptors (Lipinski definition) is 4. The van der Waals surface area contributed by atoms with E-state index in [2.05, 4.69) is 10.6 Å². The highest BCUT2D eigenvalue weighted by atomic mass is 16.7. The summed E-state index contributed by atoms with van der Waals surface area (Å²) in [5.74, 6) is 0.434. The summed E-state index contributed by atoms with van der Waals surface area (Å²) in [6.45, 7) is 7.19. The minimum Gasteiger partial charge on any atom is -0.454 e. The van der Waals surface area contributed by atoms with Gasteiger partial charge < -0.3 is 20.1 Å². The van der Waals surface area contributed by atoms with Crippen molar-refractivity contribution in [1.29, 1.82) is 0 Å². The van der Waals surface area contributed by atoms with E-state index in [9.17, 15) is 9.59 Å². The van der Waals surface area contributed by atoms with Crippen molar-refractivity contribution in [2.75, 3.05) is 17.4 Å². The Bertz CT molecular complexity index is 854. The third-order valence-electron chi connectivity index (χ3n) is 4.49. The molecule has 0 fully saturated rings. The third kappa shape index (κ3) is 3.35. The zero-order valence-corrected chi connectivity index (χ0v) is 15.3. The Labute approximate surface area is 152 Å². The van der Waals surface area contributed by atoms with E-state index in [1.165, 1.54) is 0 Å². The molecule has 0 unspecified atom stereocenters. The Balaban J connectivity index is 1.74. The Morgan fingerprint density at radius 3 is 2.23 bits per heavy atom. The molecule has 2 aromatic rings. The van der Waals surface area contributed by atoms with Crippen LogP contribution < -0.4 is 20.1 Å². The van der Waals surface area contributed by atoms with Gasteiger partial charge >= 0.3 is 0 Å². The van der Waals surface area contributed by atoms with Gasteiger partial charge in [0.15, 0.2) is 11.5 Å². The largest absolute Gasteiger partial charge is 0.454 e. The van der Waals surface area contributed by atoms with E-state index in [1.807, 2.05) is 32.0 Å². The molecule has 0 spiro atoms. The standard InChI is InChI=1S/C20H22N2O4/c1-12-6-5-7-13(2)17(12)22-19(24)20(3,4)18(23)21-14-8-9-15-16(10-14)26-11-25-15/h5-10H,11H2,1-4H3,(H,21,23)(H,22,24). The maximum atomic E-state index is 12.7. The van der Waals surface area contributed by atoms with E-state index in [0.717, 1.165) is 16.8 Å². The lowest BCUT2D eigenvalue weighted by Crippen LogP contribution is -2.41. The molecule has 0 radical (unpaired) electrons. The molecular formula is C20H22N2O4. The normalized spacial score (nSPS) is 12.6. The first-order valence-corrected chi connectivity index (χ1v) is 8.38. The maximum Gasteiger partial charge on any atom is 0.239 e. The summed E-state index contributed by atoms with van der Waals surface area (Å²) in [6, 6.07) is 10.9. The maximum absolute atomic E-state index is 12.7. The van der Waals surface area contributed by atoms with Crippen LogP contribution in [0.1, 0.15) is 25.0 Å². The van der Waals surface area contributed by atoms with Crippen molar-refractivity contribution in [1.82, 2.24) is 0 Å². The van der Waals surface area contributed by atoms with Gasteiger partial charge in [0.25, 0.3) is 0 Å². The predicted molar refractivity (Wildman–Crippen MR) is 99.5 cm³/mol. The molecule has 6 heteroatoms. The number of para-hydroxylation sites is 1. The number of anilines is 2. The summed E-state index contributed by atoms with van der Waals surface area (Å²) >= 11 is 0. The second kappa shape index (κ2) is 6.71. The van der Waals surface area contributed by atoms with E-state index >= 15 is 0 Å². The van der Waals surface area contributed by atoms with Crippen LogP contribution in [0.15, 0.2) is 36.4 Å². The number of fused-ring (bicyclic) bond motifs is 1. The number of amides is 2. The van der Waals surface area contributed by atoms with Crippen LogP contribution in [0.3, 0.4) is 0 Å². The van der Waals surface area contributed by atoms with Gasteiger partial charge in [-0.3, -0.25) is 9.59 Å². The number of carbonyl (C=O) groups excluding carboxylic acids is 2. The minimum atomic E-state index is -1.26. The molecule has 1 aliphatic heterocycles. The molecule has 2 N–H and O–H groups in total. The van der Waals surface area contributed by atoms with Gasteiger partial charge in [-0.05, 0) is 51.0 Å². The summed E-state index contributed by atoms with van der Waals surface area (Å²) in [5, 5.41) is 5.66. The molecule has 0 saturated carbocycles. The topological polar surface area (TPSA) is 76.7 Å². The van der Waals surface area contributed by atoms with Crippen molar-refractivity contribution >= 4 is 23.2 Å². The van der Waals surface area contributed by atoms with Gasteiger partial charge in [-0.1, -0.05) is 18.2 Å². The SMILES string of the molecule is Cc1cccc(C)c1NC(=O)C(C)(C)C(=O)Nc1ccc2c(c1)OCO2. The second-order valence-electron chi connectivity index (χ2n) is 6.87. The van der Waals surface area contributed by atoms with E-state index in [1.54, 1.807) is 32.0 Å². The molecule has 0 saturated heterocycles. The first-order valence-electron chi connectivity index (χ1n) is 8.38. The molecule has 0 atom stereocenters. The molecule has 1 heterocycles. The Morgan fingerprint density at radius 2 is 1.54 bits per heavy atom. The first kappa shape index (κ1) is 17.8. The molecule has 26 heavy (non-hydrogen) atoms. The minimum absolute atomic E-state index is 0.163. The Kier molecular flexibility index (Phi) is 4.59. The highest BCUT2D eigenvalue weighted by Gasteiger charge is 2.36. The van der Waals surface area contributed by atoms with Gasteiger partial charge in [-0.25, -0.2) is 0 Å². The smallest absolute Gasteiger partial charge is 0.239 e. The summed E-state index contributed by atoms with van der Waals surface area (Å²) in [4.78, 5) is 25.4. The molecule has 2 aromatic carbocycles. The van der Waals surface area contributed by atoms with Crippen LogP contribution in [-0.4, -0.2) is 18.6 Å². The molecule has 2 amide bonds. The number of carbonyl (C=O) groups is 2. The summed E-state index contributed by atoms with van der Waals surface area (Å²) < 4.78 is 10.6. The first-order chi connectivity index (χ1) is 12.3. The highest BCUT2D eigenvalue weighted by molar-refractivity contribution is 6.14. The van der Waals surface area contributed by atoms with Crippen LogP contribution in [-0.2, 0) is 9.59 Å². The Morgan fingerprint density at radius 1 is 0.923 bits per heavy atom. The van der Waals surface area contributed by atoms with Crippen molar-refractivity contribution in [3.63, 3.8) is 0 Å². The van der Waals surface area contributed by atoms with Crippen molar-refractivity contribution in [3.8, 4) is 11.5 Å². The van der Waals surface area contributed by atoms with Crippen molar-refractivity contribution in [3.05, 3.63) is 47.5 Å². The quantitative estimate of drug-likeness (QED) is 0.822. The lowest BCUT2D eigenvalue weighted by Gasteiger charge is -2.24. The molecule has 0 aliphatic carbocycles. The van der Waals surface area contributed by atoms with E-state index in [4.69, 9.17) is 9.47 Å². The van der Waals surface area contributed by atoms with Crippen molar-refractivity contribution in [2.24, 2.45) is 5.41 Å². The average molecular weight is 354 g/mol. The van der Waals surface area contributed by atoms with Gasteiger partial charge in [0.1, 0.15) is 5.41 Å². The number of aryl methyl sites for hydroxylation is 2. The van der Waals surface area contributed by atoms with E-state index in [-0.39, 0.29) is 12.7 Å². The van der Waals surface area contributed by atoms with Gasteiger partial charge in [0, 0.05) is 17.4 Å². The number of hydrogen-bond donors (Lipinski definition) is 2. The van der Waals surface area contributed by atoms with Gasteiger partial charge in [0.2, 0.25) is 18.6 Å².